The van der Waals surface area contributed by atoms with Gasteiger partial charge in [0.1, 0.15) is 5.82 Å². The number of rotatable bonds is 4. The lowest BCUT2D eigenvalue weighted by atomic mass is 9.99. The molecule has 0 spiro atoms. The van der Waals surface area contributed by atoms with Crippen molar-refractivity contribution in [3.05, 3.63) is 64.5 Å². The van der Waals surface area contributed by atoms with Crippen molar-refractivity contribution in [3.8, 4) is 0 Å². The molecule has 0 aromatic heterocycles. The Morgan fingerprint density at radius 1 is 1.17 bits per heavy atom. The van der Waals surface area contributed by atoms with Crippen molar-refractivity contribution in [2.75, 3.05) is 11.9 Å². The molecule has 0 radical (unpaired) electrons. The van der Waals surface area contributed by atoms with Crippen LogP contribution < -0.4 is 10.6 Å². The number of halogens is 1. The maximum atomic E-state index is 14.5. The van der Waals surface area contributed by atoms with Crippen LogP contribution in [-0.4, -0.2) is 18.2 Å². The zero-order valence-corrected chi connectivity index (χ0v) is 13.5. The first-order valence-corrected chi connectivity index (χ1v) is 7.95. The minimum Gasteiger partial charge on any atom is -0.323 e. The monoisotopic (exact) mass is 326 g/mol. The number of fused-ring (bicyclic) bond motifs is 1. The predicted molar refractivity (Wildman–Crippen MR) is 90.6 cm³/mol. The summed E-state index contributed by atoms with van der Waals surface area (Å²) in [6, 6.07) is 10.3. The third-order valence-electron chi connectivity index (χ3n) is 4.21. The Kier molecular flexibility index (Phi) is 4.71. The van der Waals surface area contributed by atoms with Crippen molar-refractivity contribution in [3.63, 3.8) is 0 Å². The molecular weight excluding hydrogens is 307 g/mol. The lowest BCUT2D eigenvalue weighted by Crippen LogP contribution is -2.25. The first kappa shape index (κ1) is 16.3. The average Bonchev–Trinajstić information content (AvgIpc) is 2.58. The van der Waals surface area contributed by atoms with Gasteiger partial charge in [0.25, 0.3) is 0 Å². The van der Waals surface area contributed by atoms with E-state index >= 15 is 0 Å². The van der Waals surface area contributed by atoms with Gasteiger partial charge >= 0.3 is 0 Å². The number of ketones is 1. The Hall–Kier alpha value is -2.53. The number of carbonyl (C=O) groups is 2. The maximum Gasteiger partial charge on any atom is 0.228 e. The second kappa shape index (κ2) is 6.93. The van der Waals surface area contributed by atoms with Gasteiger partial charge in [0, 0.05) is 12.1 Å². The van der Waals surface area contributed by atoms with Crippen LogP contribution in [0.5, 0.6) is 0 Å². The van der Waals surface area contributed by atoms with E-state index in [0.717, 1.165) is 17.7 Å². The molecule has 4 nitrogen and oxygen atoms in total. The topological polar surface area (TPSA) is 58.2 Å². The van der Waals surface area contributed by atoms with Crippen LogP contribution in [0.15, 0.2) is 36.4 Å². The van der Waals surface area contributed by atoms with E-state index in [4.69, 9.17) is 0 Å². The van der Waals surface area contributed by atoms with Gasteiger partial charge in [-0.15, -0.1) is 0 Å². The molecule has 0 saturated carbocycles. The zero-order valence-electron chi connectivity index (χ0n) is 13.5. The van der Waals surface area contributed by atoms with E-state index in [1.54, 1.807) is 30.3 Å². The summed E-state index contributed by atoms with van der Waals surface area (Å²) in [5.41, 5.74) is 3.23. The number of carbonyl (C=O) groups excluding carboxylic acids is 2. The summed E-state index contributed by atoms with van der Waals surface area (Å²) in [6.45, 7) is 2.89. The second-order valence-electron chi connectivity index (χ2n) is 5.97. The van der Waals surface area contributed by atoms with Crippen LogP contribution in [0.25, 0.3) is 0 Å². The lowest BCUT2D eigenvalue weighted by molar-refractivity contribution is -0.115. The van der Waals surface area contributed by atoms with Gasteiger partial charge in [-0.25, -0.2) is 4.39 Å². The fourth-order valence-corrected chi connectivity index (χ4v) is 2.87. The highest BCUT2D eigenvalue weighted by molar-refractivity contribution is 5.95. The Morgan fingerprint density at radius 2 is 1.92 bits per heavy atom. The number of hydrogen-bond acceptors (Lipinski definition) is 3. The Bertz CT molecular complexity index is 785. The molecule has 0 aliphatic carbocycles. The minimum absolute atomic E-state index is 0.0170. The molecule has 0 atom stereocenters. The molecule has 0 fully saturated rings. The zero-order chi connectivity index (χ0) is 17.1. The van der Waals surface area contributed by atoms with Crippen LogP contribution in [0.3, 0.4) is 0 Å². The number of Topliss-reactive ketones (excluding diaryl/α,β-unsaturated/α-hetero) is 1. The summed E-state index contributed by atoms with van der Waals surface area (Å²) < 4.78 is 14.5. The van der Waals surface area contributed by atoms with E-state index in [-0.39, 0.29) is 29.6 Å². The molecule has 24 heavy (non-hydrogen) atoms. The van der Waals surface area contributed by atoms with E-state index in [9.17, 15) is 14.0 Å². The van der Waals surface area contributed by atoms with Gasteiger partial charge in [0.2, 0.25) is 5.91 Å². The highest BCUT2D eigenvalue weighted by Gasteiger charge is 2.17. The molecule has 2 N–H and O–H groups in total. The van der Waals surface area contributed by atoms with E-state index in [1.807, 2.05) is 6.07 Å². The van der Waals surface area contributed by atoms with Crippen LogP contribution in [0.2, 0.25) is 0 Å². The van der Waals surface area contributed by atoms with Crippen molar-refractivity contribution >= 4 is 17.4 Å². The molecule has 2 aromatic carbocycles. The third kappa shape index (κ3) is 3.51. The first-order chi connectivity index (χ1) is 11.5. The fourth-order valence-electron chi connectivity index (χ4n) is 2.87. The van der Waals surface area contributed by atoms with Crippen LogP contribution in [0.1, 0.15) is 34.0 Å². The van der Waals surface area contributed by atoms with Crippen LogP contribution >= 0.6 is 0 Å². The average molecular weight is 326 g/mol. The smallest absolute Gasteiger partial charge is 0.228 e. The van der Waals surface area contributed by atoms with Gasteiger partial charge in [-0.2, -0.15) is 0 Å². The summed E-state index contributed by atoms with van der Waals surface area (Å²) in [4.78, 5) is 23.4. The van der Waals surface area contributed by atoms with Crippen molar-refractivity contribution in [1.82, 2.24) is 5.32 Å². The van der Waals surface area contributed by atoms with Gasteiger partial charge in [0.15, 0.2) is 5.78 Å². The van der Waals surface area contributed by atoms with Gasteiger partial charge in [0.05, 0.1) is 12.1 Å². The fraction of sp³-hybridized carbons (Fsp3) is 0.263. The summed E-state index contributed by atoms with van der Waals surface area (Å²) in [5, 5.41) is 5.84. The Labute approximate surface area is 140 Å². The molecule has 1 aliphatic heterocycles. The second-order valence-corrected chi connectivity index (χ2v) is 5.97. The normalized spacial score (nSPS) is 13.2. The summed E-state index contributed by atoms with van der Waals surface area (Å²) in [7, 11) is 0. The Morgan fingerprint density at radius 3 is 2.62 bits per heavy atom. The maximum absolute atomic E-state index is 14.5. The minimum atomic E-state index is -0.339. The quantitative estimate of drug-likeness (QED) is 0.850. The molecule has 0 saturated heterocycles. The molecule has 1 aliphatic rings. The predicted octanol–water partition coefficient (Wildman–Crippen LogP) is 2.86. The Balaban J connectivity index is 1.70. The standard InChI is InChI=1S/C19H19FN2O2/c1-12(23)14-4-2-13(3-5-14)10-18(24)22-17-7-6-15-11-21-9-8-16(15)19(17)20/h2-7,21H,8-11H2,1H3,(H,22,24). The van der Waals surface area contributed by atoms with E-state index in [0.29, 0.717) is 24.1 Å². The molecule has 1 amide bonds. The van der Waals surface area contributed by atoms with E-state index in [2.05, 4.69) is 10.6 Å². The van der Waals surface area contributed by atoms with Gasteiger partial charge in [-0.05, 0) is 42.6 Å². The molecule has 1 heterocycles. The van der Waals surface area contributed by atoms with Gasteiger partial charge < -0.3 is 10.6 Å². The molecule has 124 valence electrons. The van der Waals surface area contributed by atoms with Gasteiger partial charge in [-0.3, -0.25) is 9.59 Å². The summed E-state index contributed by atoms with van der Waals surface area (Å²) in [5.74, 6) is -0.635. The molecule has 3 rings (SSSR count). The van der Waals surface area contributed by atoms with Crippen LogP contribution in [0.4, 0.5) is 10.1 Å². The third-order valence-corrected chi connectivity index (χ3v) is 4.21. The van der Waals surface area contributed by atoms with Crippen molar-refractivity contribution < 1.29 is 14.0 Å². The molecule has 0 bridgehead atoms. The van der Waals surface area contributed by atoms with Crippen molar-refractivity contribution in [2.24, 2.45) is 0 Å². The first-order valence-electron chi connectivity index (χ1n) is 7.95. The number of benzene rings is 2. The lowest BCUT2D eigenvalue weighted by Gasteiger charge is -2.19. The number of anilines is 1. The van der Waals surface area contributed by atoms with Crippen molar-refractivity contribution in [2.45, 2.75) is 26.3 Å². The van der Waals surface area contributed by atoms with E-state index < -0.39 is 0 Å². The van der Waals surface area contributed by atoms with E-state index in [1.165, 1.54) is 6.92 Å². The highest BCUT2D eigenvalue weighted by atomic mass is 19.1. The molecule has 5 heteroatoms. The largest absolute Gasteiger partial charge is 0.323 e. The van der Waals surface area contributed by atoms with Crippen molar-refractivity contribution in [1.29, 1.82) is 0 Å². The van der Waals surface area contributed by atoms with Gasteiger partial charge in [-0.1, -0.05) is 30.3 Å². The highest BCUT2D eigenvalue weighted by Crippen LogP contribution is 2.24. The molecule has 0 unspecified atom stereocenters. The molecule has 2 aromatic rings. The number of hydrogen-bond donors (Lipinski definition) is 2. The SMILES string of the molecule is CC(=O)c1ccc(CC(=O)Nc2ccc3c(c2F)CCNC3)cc1. The summed E-state index contributed by atoms with van der Waals surface area (Å²) in [6.07, 6.45) is 0.758. The molecular formula is C19H19FN2O2. The number of nitrogens with one attached hydrogen (secondary N) is 2. The number of amides is 1. The van der Waals surface area contributed by atoms with Crippen LogP contribution in [-0.2, 0) is 24.2 Å². The summed E-state index contributed by atoms with van der Waals surface area (Å²) >= 11 is 0. The van der Waals surface area contributed by atoms with Crippen LogP contribution in [0, 0.1) is 5.82 Å².